The van der Waals surface area contributed by atoms with Crippen LogP contribution in [0.5, 0.6) is 0 Å². The Kier molecular flexibility index (Phi) is 5.97. The van der Waals surface area contributed by atoms with Crippen molar-refractivity contribution in [2.45, 2.75) is 24.2 Å². The molecule has 0 aliphatic carbocycles. The summed E-state index contributed by atoms with van der Waals surface area (Å²) < 4.78 is 27.1. The number of rotatable bonds is 5. The van der Waals surface area contributed by atoms with Gasteiger partial charge in [0, 0.05) is 30.9 Å². The second-order valence-electron chi connectivity index (χ2n) is 6.37. The van der Waals surface area contributed by atoms with Crippen molar-refractivity contribution in [2.24, 2.45) is 0 Å². The molecule has 8 nitrogen and oxygen atoms in total. The quantitative estimate of drug-likeness (QED) is 0.582. The van der Waals surface area contributed by atoms with Crippen LogP contribution >= 0.6 is 11.6 Å². The topological polar surface area (TPSA) is 110 Å². The number of nitro groups is 1. The molecule has 1 saturated heterocycles. The zero-order chi connectivity index (χ0) is 20.3. The molecule has 1 amide bonds. The van der Waals surface area contributed by atoms with E-state index in [-0.39, 0.29) is 26.9 Å². The van der Waals surface area contributed by atoms with E-state index < -0.39 is 20.9 Å². The average molecular weight is 424 g/mol. The van der Waals surface area contributed by atoms with Crippen molar-refractivity contribution in [1.82, 2.24) is 4.31 Å². The number of nitrogens with zero attached hydrogens (tertiary/aromatic N) is 2. The number of nitrogens with one attached hydrogen (secondary N) is 1. The number of non-ortho nitro benzene ring substituents is 1. The summed E-state index contributed by atoms with van der Waals surface area (Å²) in [5.74, 6) is -0.652. The zero-order valence-electron chi connectivity index (χ0n) is 14.8. The second kappa shape index (κ2) is 8.26. The number of carbonyl (C=O) groups excluding carboxylic acids is 1. The summed E-state index contributed by atoms with van der Waals surface area (Å²) in [5, 5.41) is 13.5. The van der Waals surface area contributed by atoms with Gasteiger partial charge in [0.25, 0.3) is 11.6 Å². The number of benzene rings is 2. The smallest absolute Gasteiger partial charge is 0.271 e. The number of piperidine rings is 1. The first-order valence-electron chi connectivity index (χ1n) is 8.64. The minimum Gasteiger partial charge on any atom is -0.322 e. The highest BCUT2D eigenvalue weighted by Crippen LogP contribution is 2.26. The maximum atomic E-state index is 12.8. The molecule has 1 aliphatic rings. The highest BCUT2D eigenvalue weighted by atomic mass is 35.5. The molecule has 1 heterocycles. The molecule has 2 aromatic carbocycles. The van der Waals surface area contributed by atoms with Gasteiger partial charge >= 0.3 is 0 Å². The van der Waals surface area contributed by atoms with Gasteiger partial charge in [-0.3, -0.25) is 14.9 Å². The predicted molar refractivity (Wildman–Crippen MR) is 105 cm³/mol. The number of nitro benzene ring substituents is 1. The van der Waals surface area contributed by atoms with E-state index in [1.807, 2.05) is 0 Å². The third kappa shape index (κ3) is 4.32. The molecule has 10 heteroatoms. The highest BCUT2D eigenvalue weighted by molar-refractivity contribution is 7.89. The molecule has 28 heavy (non-hydrogen) atoms. The Morgan fingerprint density at radius 1 is 1.11 bits per heavy atom. The number of anilines is 1. The van der Waals surface area contributed by atoms with Crippen molar-refractivity contribution in [3.05, 3.63) is 63.2 Å². The van der Waals surface area contributed by atoms with Crippen LogP contribution in [0.2, 0.25) is 5.02 Å². The SMILES string of the molecule is O=C(Nc1cccc([N+](=O)[O-])c1)c1cc(S(=O)(=O)N2CCCCC2)ccc1Cl. The fourth-order valence-corrected chi connectivity index (χ4v) is 4.74. The summed E-state index contributed by atoms with van der Waals surface area (Å²) in [4.78, 5) is 22.9. The van der Waals surface area contributed by atoms with Crippen molar-refractivity contribution in [3.8, 4) is 0 Å². The number of amides is 1. The van der Waals surface area contributed by atoms with Crippen LogP contribution in [0.4, 0.5) is 11.4 Å². The lowest BCUT2D eigenvalue weighted by atomic mass is 10.2. The Morgan fingerprint density at radius 2 is 1.82 bits per heavy atom. The molecule has 148 valence electrons. The largest absolute Gasteiger partial charge is 0.322 e. The van der Waals surface area contributed by atoms with Gasteiger partial charge in [-0.2, -0.15) is 4.31 Å². The van der Waals surface area contributed by atoms with Gasteiger partial charge in [0.2, 0.25) is 10.0 Å². The van der Waals surface area contributed by atoms with Crippen molar-refractivity contribution in [2.75, 3.05) is 18.4 Å². The molecular formula is C18H18ClN3O5S. The number of hydrogen-bond donors (Lipinski definition) is 1. The van der Waals surface area contributed by atoms with E-state index in [1.165, 1.54) is 46.8 Å². The number of sulfonamides is 1. The van der Waals surface area contributed by atoms with Crippen LogP contribution in [0.15, 0.2) is 47.4 Å². The van der Waals surface area contributed by atoms with Gasteiger partial charge in [0.15, 0.2) is 0 Å². The minimum atomic E-state index is -3.72. The fraction of sp³-hybridized carbons (Fsp3) is 0.278. The van der Waals surface area contributed by atoms with Gasteiger partial charge in [0.05, 0.1) is 20.4 Å². The fourth-order valence-electron chi connectivity index (χ4n) is 2.99. The van der Waals surface area contributed by atoms with Gasteiger partial charge in [-0.25, -0.2) is 8.42 Å². The molecule has 3 rings (SSSR count). The molecule has 1 N–H and O–H groups in total. The van der Waals surface area contributed by atoms with Gasteiger partial charge in [-0.05, 0) is 37.1 Å². The van der Waals surface area contributed by atoms with Crippen LogP contribution < -0.4 is 5.32 Å². The van der Waals surface area contributed by atoms with E-state index in [4.69, 9.17) is 11.6 Å². The van der Waals surface area contributed by atoms with Crippen LogP contribution in [-0.2, 0) is 10.0 Å². The van der Waals surface area contributed by atoms with E-state index in [0.717, 1.165) is 19.3 Å². The Morgan fingerprint density at radius 3 is 2.50 bits per heavy atom. The lowest BCUT2D eigenvalue weighted by Crippen LogP contribution is -2.35. The summed E-state index contributed by atoms with van der Waals surface area (Å²) in [6.07, 6.45) is 2.59. The van der Waals surface area contributed by atoms with Crippen LogP contribution in [0, 0.1) is 10.1 Å². The minimum absolute atomic E-state index is 0.0111. The standard InChI is InChI=1S/C18H18ClN3O5S/c19-17-8-7-15(28(26,27)21-9-2-1-3-10-21)12-16(17)18(23)20-13-5-4-6-14(11-13)22(24)25/h4-8,11-12H,1-3,9-10H2,(H,20,23). The lowest BCUT2D eigenvalue weighted by Gasteiger charge is -2.26. The molecule has 0 spiro atoms. The van der Waals surface area contributed by atoms with E-state index >= 15 is 0 Å². The summed E-state index contributed by atoms with van der Waals surface area (Å²) in [6, 6.07) is 9.41. The van der Waals surface area contributed by atoms with E-state index in [2.05, 4.69) is 5.32 Å². The number of halogens is 1. The van der Waals surface area contributed by atoms with Crippen molar-refractivity contribution >= 4 is 38.9 Å². The van der Waals surface area contributed by atoms with Gasteiger partial charge < -0.3 is 5.32 Å². The molecule has 1 fully saturated rings. The normalized spacial score (nSPS) is 15.2. The van der Waals surface area contributed by atoms with Gasteiger partial charge in [0.1, 0.15) is 0 Å². The van der Waals surface area contributed by atoms with Crippen LogP contribution in [0.25, 0.3) is 0 Å². The van der Waals surface area contributed by atoms with Crippen LogP contribution in [0.3, 0.4) is 0 Å². The third-order valence-electron chi connectivity index (χ3n) is 4.45. The Balaban J connectivity index is 1.88. The molecular weight excluding hydrogens is 406 g/mol. The number of hydrogen-bond acceptors (Lipinski definition) is 5. The predicted octanol–water partition coefficient (Wildman–Crippen LogP) is 3.68. The first-order chi connectivity index (χ1) is 13.3. The average Bonchev–Trinajstić information content (AvgIpc) is 2.69. The molecule has 2 aromatic rings. The van der Waals surface area contributed by atoms with Crippen molar-refractivity contribution in [3.63, 3.8) is 0 Å². The molecule has 0 radical (unpaired) electrons. The molecule has 0 saturated carbocycles. The maximum Gasteiger partial charge on any atom is 0.271 e. The first kappa shape index (κ1) is 20.2. The Hall–Kier alpha value is -2.49. The van der Waals surface area contributed by atoms with E-state index in [1.54, 1.807) is 0 Å². The number of carbonyl (C=O) groups is 1. The maximum absolute atomic E-state index is 12.8. The monoisotopic (exact) mass is 423 g/mol. The summed E-state index contributed by atoms with van der Waals surface area (Å²) in [5.41, 5.74) is 0.0103. The lowest BCUT2D eigenvalue weighted by molar-refractivity contribution is -0.384. The second-order valence-corrected chi connectivity index (χ2v) is 8.71. The summed E-state index contributed by atoms with van der Waals surface area (Å²) in [7, 11) is -3.72. The molecule has 0 aromatic heterocycles. The molecule has 0 atom stereocenters. The van der Waals surface area contributed by atoms with Crippen LogP contribution in [0.1, 0.15) is 29.6 Å². The Labute approximate surface area is 167 Å². The molecule has 0 bridgehead atoms. The molecule has 0 unspecified atom stereocenters. The van der Waals surface area contributed by atoms with Crippen molar-refractivity contribution < 1.29 is 18.1 Å². The van der Waals surface area contributed by atoms with Crippen LogP contribution in [-0.4, -0.2) is 36.6 Å². The van der Waals surface area contributed by atoms with Crippen molar-refractivity contribution in [1.29, 1.82) is 0 Å². The summed E-state index contributed by atoms with van der Waals surface area (Å²) in [6.45, 7) is 0.889. The Bertz CT molecular complexity index is 1020. The summed E-state index contributed by atoms with van der Waals surface area (Å²) >= 11 is 6.10. The highest BCUT2D eigenvalue weighted by Gasteiger charge is 2.27. The van der Waals surface area contributed by atoms with E-state index in [9.17, 15) is 23.3 Å². The molecule has 1 aliphatic heterocycles. The van der Waals surface area contributed by atoms with E-state index in [0.29, 0.717) is 13.1 Å². The van der Waals surface area contributed by atoms with Gasteiger partial charge in [-0.15, -0.1) is 0 Å². The first-order valence-corrected chi connectivity index (χ1v) is 10.5. The third-order valence-corrected chi connectivity index (χ3v) is 6.67. The zero-order valence-corrected chi connectivity index (χ0v) is 16.4. The van der Waals surface area contributed by atoms with Gasteiger partial charge in [-0.1, -0.05) is 24.1 Å².